The van der Waals surface area contributed by atoms with Gasteiger partial charge in [-0.25, -0.2) is 4.79 Å². The van der Waals surface area contributed by atoms with Gasteiger partial charge in [0.05, 0.1) is 0 Å². The fraction of sp³-hybridized carbons (Fsp3) is 0.273. The minimum atomic E-state index is -0.675. The van der Waals surface area contributed by atoms with Crippen molar-refractivity contribution in [3.05, 3.63) is 35.9 Å². The number of urea groups is 1. The van der Waals surface area contributed by atoms with Crippen LogP contribution in [0, 0.1) is 0 Å². The van der Waals surface area contributed by atoms with E-state index in [9.17, 15) is 14.8 Å². The zero-order valence-electron chi connectivity index (χ0n) is 8.83. The van der Waals surface area contributed by atoms with E-state index in [1.165, 1.54) is 11.9 Å². The van der Waals surface area contributed by atoms with Crippen LogP contribution in [-0.2, 0) is 11.2 Å². The number of hydrogen-bond donors (Lipinski definition) is 1. The molecule has 1 aliphatic rings. The Balaban J connectivity index is 2.17. The number of amides is 3. The number of carbonyl (C=O) groups excluding carboxylic acids is 2. The largest absolute Gasteiger partial charge is 0.351 e. The van der Waals surface area contributed by atoms with Crippen molar-refractivity contribution in [1.29, 1.82) is 0 Å². The molecular weight excluding hydrogens is 208 g/mol. The molecule has 1 N–H and O–H groups in total. The van der Waals surface area contributed by atoms with Crippen LogP contribution in [0.2, 0.25) is 0 Å². The number of hydroxylamine groups is 2. The number of carbonyl (C=O) groups is 2. The second kappa shape index (κ2) is 3.94. The highest BCUT2D eigenvalue weighted by atomic mass is 16.5. The number of imide groups is 1. The molecule has 3 amide bonds. The Hall–Kier alpha value is -1.88. The van der Waals surface area contributed by atoms with E-state index in [0.29, 0.717) is 6.42 Å². The maximum Gasteiger partial charge on any atom is 0.351 e. The van der Waals surface area contributed by atoms with Gasteiger partial charge in [-0.15, -0.1) is 5.06 Å². The Labute approximate surface area is 92.8 Å². The summed E-state index contributed by atoms with van der Waals surface area (Å²) in [5.74, 6) is -0.573. The van der Waals surface area contributed by atoms with Gasteiger partial charge in [0, 0.05) is 13.5 Å². The molecule has 0 spiro atoms. The quantitative estimate of drug-likeness (QED) is 0.594. The van der Waals surface area contributed by atoms with Gasteiger partial charge < -0.3 is 4.90 Å². The Morgan fingerprint density at radius 2 is 1.88 bits per heavy atom. The van der Waals surface area contributed by atoms with Crippen LogP contribution in [0.4, 0.5) is 4.79 Å². The topological polar surface area (TPSA) is 60.9 Å². The smallest absolute Gasteiger partial charge is 0.313 e. The standard InChI is InChI=1S/C11H12N2O3/c1-12-9(10(14)13(16)11(12)15)7-8-5-3-2-4-6-8/h2-6,9,16H,7H2,1H3. The molecule has 1 atom stereocenters. The molecule has 5 heteroatoms. The molecule has 1 aliphatic heterocycles. The van der Waals surface area contributed by atoms with Crippen LogP contribution in [0.15, 0.2) is 30.3 Å². The van der Waals surface area contributed by atoms with Crippen molar-refractivity contribution in [2.45, 2.75) is 12.5 Å². The van der Waals surface area contributed by atoms with Gasteiger partial charge in [0.1, 0.15) is 6.04 Å². The van der Waals surface area contributed by atoms with Crippen LogP contribution in [0.25, 0.3) is 0 Å². The van der Waals surface area contributed by atoms with Gasteiger partial charge in [-0.3, -0.25) is 10.0 Å². The monoisotopic (exact) mass is 220 g/mol. The minimum Gasteiger partial charge on any atom is -0.313 e. The number of likely N-dealkylation sites (N-methyl/N-ethyl adjacent to an activating group) is 1. The van der Waals surface area contributed by atoms with Crippen molar-refractivity contribution >= 4 is 11.9 Å². The van der Waals surface area contributed by atoms with E-state index in [0.717, 1.165) is 5.56 Å². The highest BCUT2D eigenvalue weighted by molar-refractivity contribution is 6.02. The second-order valence-electron chi connectivity index (χ2n) is 3.75. The number of hydrogen-bond acceptors (Lipinski definition) is 3. The summed E-state index contributed by atoms with van der Waals surface area (Å²) >= 11 is 0. The van der Waals surface area contributed by atoms with E-state index in [1.54, 1.807) is 0 Å². The lowest BCUT2D eigenvalue weighted by atomic mass is 10.1. The number of benzene rings is 1. The predicted molar refractivity (Wildman–Crippen MR) is 55.7 cm³/mol. The first-order valence-corrected chi connectivity index (χ1v) is 4.95. The summed E-state index contributed by atoms with van der Waals surface area (Å²) in [5, 5.41) is 9.35. The summed E-state index contributed by atoms with van der Waals surface area (Å²) < 4.78 is 0. The lowest BCUT2D eigenvalue weighted by Gasteiger charge is -2.15. The molecule has 0 saturated carbocycles. The highest BCUT2D eigenvalue weighted by Crippen LogP contribution is 2.17. The van der Waals surface area contributed by atoms with Gasteiger partial charge in [0.15, 0.2) is 0 Å². The molecule has 1 aromatic rings. The number of rotatable bonds is 2. The summed E-state index contributed by atoms with van der Waals surface area (Å²) in [7, 11) is 1.50. The van der Waals surface area contributed by atoms with Crippen molar-refractivity contribution in [2.24, 2.45) is 0 Å². The van der Waals surface area contributed by atoms with Gasteiger partial charge in [0.25, 0.3) is 5.91 Å². The Morgan fingerprint density at radius 1 is 1.25 bits per heavy atom. The molecular formula is C11H12N2O3. The molecule has 1 aromatic carbocycles. The van der Waals surface area contributed by atoms with Crippen molar-refractivity contribution in [2.75, 3.05) is 7.05 Å². The van der Waals surface area contributed by atoms with Crippen LogP contribution in [-0.4, -0.2) is 40.2 Å². The van der Waals surface area contributed by atoms with Gasteiger partial charge in [-0.2, -0.15) is 0 Å². The minimum absolute atomic E-state index is 0.174. The summed E-state index contributed by atoms with van der Waals surface area (Å²) in [6.45, 7) is 0. The van der Waals surface area contributed by atoms with Gasteiger partial charge in [-0.05, 0) is 5.56 Å². The normalized spacial score (nSPS) is 20.8. The molecule has 0 radical (unpaired) electrons. The summed E-state index contributed by atoms with van der Waals surface area (Å²) in [6.07, 6.45) is 0.416. The molecule has 2 rings (SSSR count). The van der Waals surface area contributed by atoms with Crippen LogP contribution < -0.4 is 0 Å². The van der Waals surface area contributed by atoms with E-state index in [-0.39, 0.29) is 5.06 Å². The van der Waals surface area contributed by atoms with E-state index in [2.05, 4.69) is 0 Å². The van der Waals surface area contributed by atoms with Gasteiger partial charge in [0.2, 0.25) is 0 Å². The maximum absolute atomic E-state index is 11.5. The lowest BCUT2D eigenvalue weighted by Crippen LogP contribution is -2.33. The van der Waals surface area contributed by atoms with E-state index < -0.39 is 18.0 Å². The van der Waals surface area contributed by atoms with E-state index in [4.69, 9.17) is 0 Å². The summed E-state index contributed by atoms with van der Waals surface area (Å²) in [6, 6.07) is 8.09. The SMILES string of the molecule is CN1C(=O)N(O)C(=O)C1Cc1ccccc1. The first-order valence-electron chi connectivity index (χ1n) is 4.95. The number of nitrogens with zero attached hydrogens (tertiary/aromatic N) is 2. The Bertz CT molecular complexity index is 418. The fourth-order valence-corrected chi connectivity index (χ4v) is 1.75. The van der Waals surface area contributed by atoms with Gasteiger partial charge in [-0.1, -0.05) is 30.3 Å². The Morgan fingerprint density at radius 3 is 2.38 bits per heavy atom. The van der Waals surface area contributed by atoms with Crippen LogP contribution >= 0.6 is 0 Å². The van der Waals surface area contributed by atoms with Gasteiger partial charge >= 0.3 is 6.03 Å². The molecule has 0 bridgehead atoms. The lowest BCUT2D eigenvalue weighted by molar-refractivity contribution is -0.149. The van der Waals surface area contributed by atoms with Crippen molar-refractivity contribution in [3.8, 4) is 0 Å². The maximum atomic E-state index is 11.5. The Kier molecular flexibility index (Phi) is 2.62. The molecule has 0 aromatic heterocycles. The van der Waals surface area contributed by atoms with Crippen molar-refractivity contribution < 1.29 is 14.8 Å². The third kappa shape index (κ3) is 1.65. The molecule has 1 saturated heterocycles. The molecule has 0 aliphatic carbocycles. The molecule has 1 fully saturated rings. The predicted octanol–water partition coefficient (Wildman–Crippen LogP) is 0.881. The molecule has 84 valence electrons. The van der Waals surface area contributed by atoms with Crippen molar-refractivity contribution in [1.82, 2.24) is 9.96 Å². The third-order valence-corrected chi connectivity index (χ3v) is 2.72. The average Bonchev–Trinajstić information content (AvgIpc) is 2.48. The second-order valence-corrected chi connectivity index (χ2v) is 3.75. The van der Waals surface area contributed by atoms with Crippen molar-refractivity contribution in [3.63, 3.8) is 0 Å². The third-order valence-electron chi connectivity index (χ3n) is 2.72. The molecule has 1 unspecified atom stereocenters. The molecule has 16 heavy (non-hydrogen) atoms. The van der Waals surface area contributed by atoms with E-state index >= 15 is 0 Å². The van der Waals surface area contributed by atoms with Crippen LogP contribution in [0.1, 0.15) is 5.56 Å². The zero-order valence-corrected chi connectivity index (χ0v) is 8.83. The first kappa shape index (κ1) is 10.6. The zero-order chi connectivity index (χ0) is 11.7. The first-order chi connectivity index (χ1) is 7.61. The fourth-order valence-electron chi connectivity index (χ4n) is 1.75. The summed E-state index contributed by atoms with van der Waals surface area (Å²) in [4.78, 5) is 24.1. The van der Waals surface area contributed by atoms with Crippen LogP contribution in [0.5, 0.6) is 0 Å². The summed E-state index contributed by atoms with van der Waals surface area (Å²) in [5.41, 5.74) is 0.954. The average molecular weight is 220 g/mol. The highest BCUT2D eigenvalue weighted by Gasteiger charge is 2.42. The molecule has 1 heterocycles. The van der Waals surface area contributed by atoms with Crippen LogP contribution in [0.3, 0.4) is 0 Å². The van der Waals surface area contributed by atoms with E-state index in [1.807, 2.05) is 30.3 Å². The molecule has 5 nitrogen and oxygen atoms in total.